The van der Waals surface area contributed by atoms with Crippen LogP contribution in [0.5, 0.6) is 0 Å². The van der Waals surface area contributed by atoms with E-state index in [1.807, 2.05) is 30.3 Å². The Labute approximate surface area is 106 Å². The predicted octanol–water partition coefficient (Wildman–Crippen LogP) is 1.65. The molecule has 0 amide bonds. The maximum Gasteiger partial charge on any atom is 0.100 e. The summed E-state index contributed by atoms with van der Waals surface area (Å²) in [7, 11) is 0. The number of nitrogens with two attached hydrogens (primary N) is 1. The first-order chi connectivity index (χ1) is 8.86. The number of hydrogen-bond donors (Lipinski definition) is 1. The Morgan fingerprint density at radius 3 is 3.00 bits per heavy atom. The third kappa shape index (κ3) is 2.10. The third-order valence-electron chi connectivity index (χ3n) is 3.28. The molecule has 0 spiro atoms. The molecule has 2 N–H and O–H groups in total. The fourth-order valence-electron chi connectivity index (χ4n) is 2.33. The summed E-state index contributed by atoms with van der Waals surface area (Å²) >= 11 is 0. The molecule has 1 saturated heterocycles. The van der Waals surface area contributed by atoms with Gasteiger partial charge in [-0.15, -0.1) is 0 Å². The first-order valence-electron chi connectivity index (χ1n) is 6.15. The summed E-state index contributed by atoms with van der Waals surface area (Å²) in [6, 6.07) is 9.79. The molecular weight excluding hydrogens is 228 g/mol. The summed E-state index contributed by atoms with van der Waals surface area (Å²) in [6.45, 7) is 1.82. The summed E-state index contributed by atoms with van der Waals surface area (Å²) in [5.74, 6) is 0. The van der Waals surface area contributed by atoms with Crippen LogP contribution in [0.1, 0.15) is 11.6 Å². The zero-order valence-corrected chi connectivity index (χ0v) is 10.1. The van der Waals surface area contributed by atoms with Gasteiger partial charge in [0.05, 0.1) is 31.4 Å². The number of pyridine rings is 1. The van der Waals surface area contributed by atoms with Crippen molar-refractivity contribution in [3.63, 3.8) is 0 Å². The summed E-state index contributed by atoms with van der Waals surface area (Å²) < 4.78 is 11.1. The highest BCUT2D eigenvalue weighted by atomic mass is 16.6. The van der Waals surface area contributed by atoms with Crippen LogP contribution in [-0.2, 0) is 9.47 Å². The molecule has 1 aliphatic rings. The smallest absolute Gasteiger partial charge is 0.100 e. The molecule has 2 unspecified atom stereocenters. The normalized spacial score (nSPS) is 21.9. The van der Waals surface area contributed by atoms with Gasteiger partial charge in [0.25, 0.3) is 0 Å². The molecule has 94 valence electrons. The summed E-state index contributed by atoms with van der Waals surface area (Å²) in [6.07, 6.45) is 1.71. The summed E-state index contributed by atoms with van der Waals surface area (Å²) in [4.78, 5) is 4.34. The molecule has 0 aliphatic carbocycles. The topological polar surface area (TPSA) is 57.4 Å². The van der Waals surface area contributed by atoms with Crippen LogP contribution in [0.2, 0.25) is 0 Å². The van der Waals surface area contributed by atoms with E-state index in [9.17, 15) is 0 Å². The van der Waals surface area contributed by atoms with Gasteiger partial charge in [0.15, 0.2) is 0 Å². The van der Waals surface area contributed by atoms with Crippen molar-refractivity contribution in [3.05, 3.63) is 42.1 Å². The quantitative estimate of drug-likeness (QED) is 0.872. The van der Waals surface area contributed by atoms with Crippen molar-refractivity contribution in [2.24, 2.45) is 5.73 Å². The molecule has 2 aromatic rings. The summed E-state index contributed by atoms with van der Waals surface area (Å²) in [5.41, 5.74) is 8.33. The first kappa shape index (κ1) is 11.6. The number of ether oxygens (including phenoxy) is 2. The number of fused-ring (bicyclic) bond motifs is 1. The van der Waals surface area contributed by atoms with E-state index >= 15 is 0 Å². The second-order valence-electron chi connectivity index (χ2n) is 4.43. The lowest BCUT2D eigenvalue weighted by Crippen LogP contribution is -2.37. The van der Waals surface area contributed by atoms with E-state index < -0.39 is 0 Å². The lowest BCUT2D eigenvalue weighted by molar-refractivity contribution is -0.0974. The number of hydrogen-bond acceptors (Lipinski definition) is 4. The monoisotopic (exact) mass is 244 g/mol. The van der Waals surface area contributed by atoms with E-state index in [2.05, 4.69) is 4.98 Å². The maximum atomic E-state index is 6.30. The SMILES string of the molecule is NC(c1cccc2ncccc12)C1COCCO1. The molecule has 18 heavy (non-hydrogen) atoms. The average Bonchev–Trinajstić information content (AvgIpc) is 2.47. The fraction of sp³-hybridized carbons (Fsp3) is 0.357. The third-order valence-corrected chi connectivity index (χ3v) is 3.28. The van der Waals surface area contributed by atoms with E-state index in [4.69, 9.17) is 15.2 Å². The lowest BCUT2D eigenvalue weighted by Gasteiger charge is -2.28. The Morgan fingerprint density at radius 1 is 1.22 bits per heavy atom. The van der Waals surface area contributed by atoms with Crippen LogP contribution in [0.15, 0.2) is 36.5 Å². The molecule has 0 bridgehead atoms. The average molecular weight is 244 g/mol. The molecule has 2 heterocycles. The van der Waals surface area contributed by atoms with Gasteiger partial charge >= 0.3 is 0 Å². The highest BCUT2D eigenvalue weighted by Gasteiger charge is 2.24. The minimum atomic E-state index is -0.182. The predicted molar refractivity (Wildman–Crippen MR) is 69.2 cm³/mol. The van der Waals surface area contributed by atoms with Crippen LogP contribution in [0.4, 0.5) is 0 Å². The number of aromatic nitrogens is 1. The van der Waals surface area contributed by atoms with Crippen molar-refractivity contribution in [1.82, 2.24) is 4.98 Å². The number of nitrogens with zero attached hydrogens (tertiary/aromatic N) is 1. The number of rotatable bonds is 2. The van der Waals surface area contributed by atoms with Crippen LogP contribution in [0.25, 0.3) is 10.9 Å². The van der Waals surface area contributed by atoms with Crippen LogP contribution >= 0.6 is 0 Å². The largest absolute Gasteiger partial charge is 0.376 e. The van der Waals surface area contributed by atoms with Gasteiger partial charge in [-0.25, -0.2) is 0 Å². The highest BCUT2D eigenvalue weighted by Crippen LogP contribution is 2.25. The van der Waals surface area contributed by atoms with Gasteiger partial charge in [0, 0.05) is 11.6 Å². The van der Waals surface area contributed by atoms with E-state index in [-0.39, 0.29) is 12.1 Å². The van der Waals surface area contributed by atoms with Crippen molar-refractivity contribution in [1.29, 1.82) is 0 Å². The van der Waals surface area contributed by atoms with Gasteiger partial charge in [-0.1, -0.05) is 18.2 Å². The van der Waals surface area contributed by atoms with Crippen LogP contribution in [0.3, 0.4) is 0 Å². The Balaban J connectivity index is 1.97. The van der Waals surface area contributed by atoms with E-state index in [1.165, 1.54) is 0 Å². The summed E-state index contributed by atoms with van der Waals surface area (Å²) in [5, 5.41) is 1.08. The van der Waals surface area contributed by atoms with E-state index in [0.717, 1.165) is 16.5 Å². The van der Waals surface area contributed by atoms with Crippen molar-refractivity contribution in [3.8, 4) is 0 Å². The fourth-order valence-corrected chi connectivity index (χ4v) is 2.33. The Hall–Kier alpha value is -1.49. The molecule has 1 aromatic heterocycles. The van der Waals surface area contributed by atoms with E-state index in [1.54, 1.807) is 6.20 Å². The molecule has 0 radical (unpaired) electrons. The van der Waals surface area contributed by atoms with Crippen LogP contribution in [-0.4, -0.2) is 30.9 Å². The van der Waals surface area contributed by atoms with E-state index in [0.29, 0.717) is 19.8 Å². The standard InChI is InChI=1S/C14H16N2O2/c15-14(13-9-17-7-8-18-13)11-3-1-5-12-10(11)4-2-6-16-12/h1-6,13-14H,7-9,15H2. The second-order valence-corrected chi connectivity index (χ2v) is 4.43. The second kappa shape index (κ2) is 5.02. The molecule has 1 fully saturated rings. The van der Waals surface area contributed by atoms with Gasteiger partial charge in [-0.05, 0) is 17.7 Å². The lowest BCUT2D eigenvalue weighted by atomic mass is 9.98. The molecule has 0 saturated carbocycles. The van der Waals surface area contributed by atoms with Gasteiger partial charge in [-0.2, -0.15) is 0 Å². The van der Waals surface area contributed by atoms with Gasteiger partial charge in [-0.3, -0.25) is 4.98 Å². The number of benzene rings is 1. The zero-order valence-electron chi connectivity index (χ0n) is 10.1. The molecule has 2 atom stereocenters. The Morgan fingerprint density at radius 2 is 2.17 bits per heavy atom. The Kier molecular flexibility index (Phi) is 3.23. The van der Waals surface area contributed by atoms with Crippen LogP contribution in [0, 0.1) is 0 Å². The minimum Gasteiger partial charge on any atom is -0.376 e. The molecule has 3 rings (SSSR count). The minimum absolute atomic E-state index is 0.0791. The molecule has 4 heteroatoms. The maximum absolute atomic E-state index is 6.30. The molecular formula is C14H16N2O2. The van der Waals surface area contributed by atoms with Gasteiger partial charge in [0.1, 0.15) is 6.10 Å². The van der Waals surface area contributed by atoms with Crippen molar-refractivity contribution in [2.45, 2.75) is 12.1 Å². The zero-order chi connectivity index (χ0) is 12.4. The molecule has 1 aliphatic heterocycles. The van der Waals surface area contributed by atoms with Crippen LogP contribution < -0.4 is 5.73 Å². The van der Waals surface area contributed by atoms with Gasteiger partial charge in [0.2, 0.25) is 0 Å². The molecule has 1 aromatic carbocycles. The Bertz CT molecular complexity index is 533. The van der Waals surface area contributed by atoms with Gasteiger partial charge < -0.3 is 15.2 Å². The van der Waals surface area contributed by atoms with Crippen molar-refractivity contribution < 1.29 is 9.47 Å². The van der Waals surface area contributed by atoms with Crippen molar-refractivity contribution >= 4 is 10.9 Å². The molecule has 4 nitrogen and oxygen atoms in total. The first-order valence-corrected chi connectivity index (χ1v) is 6.15. The van der Waals surface area contributed by atoms with Crippen molar-refractivity contribution in [2.75, 3.05) is 19.8 Å². The highest BCUT2D eigenvalue weighted by molar-refractivity contribution is 5.82.